The molecule has 1 aliphatic rings. The molecular formula is C16H17N3OS. The molecule has 2 heterocycles. The molecule has 0 spiro atoms. The topological polar surface area (TPSA) is 60.0 Å². The number of carbonyl (C=O) groups excluding carboxylic acids is 1. The van der Waals surface area contributed by atoms with Gasteiger partial charge in [-0.05, 0) is 37.1 Å². The Morgan fingerprint density at radius 2 is 2.29 bits per heavy atom. The number of amides is 1. The molecular weight excluding hydrogens is 282 g/mol. The molecule has 1 saturated carbocycles. The van der Waals surface area contributed by atoms with Gasteiger partial charge in [0.2, 0.25) is 0 Å². The largest absolute Gasteiger partial charge is 0.346 e. The number of hydrogen-bond acceptors (Lipinski definition) is 3. The van der Waals surface area contributed by atoms with Crippen molar-refractivity contribution in [2.45, 2.75) is 25.4 Å². The Morgan fingerprint density at radius 1 is 1.43 bits per heavy atom. The molecule has 108 valence electrons. The quantitative estimate of drug-likeness (QED) is 0.850. The summed E-state index contributed by atoms with van der Waals surface area (Å²) in [5, 5.41) is 2.97. The van der Waals surface area contributed by atoms with Gasteiger partial charge in [0.15, 0.2) is 0 Å². The lowest BCUT2D eigenvalue weighted by Crippen LogP contribution is -2.24. The fourth-order valence-electron chi connectivity index (χ4n) is 2.19. The first-order chi connectivity index (χ1) is 10.3. The van der Waals surface area contributed by atoms with Crippen molar-refractivity contribution >= 4 is 17.2 Å². The van der Waals surface area contributed by atoms with E-state index in [1.165, 1.54) is 12.8 Å². The highest BCUT2D eigenvalue weighted by Crippen LogP contribution is 2.35. The Morgan fingerprint density at radius 3 is 3.05 bits per heavy atom. The maximum absolute atomic E-state index is 12.2. The number of nitrogens with zero attached hydrogens (tertiary/aromatic N) is 1. The number of hydrogen-bond donors (Lipinski definition) is 2. The van der Waals surface area contributed by atoms with E-state index in [1.807, 2.05) is 30.5 Å². The smallest absolute Gasteiger partial charge is 0.268 e. The molecule has 5 heteroatoms. The van der Waals surface area contributed by atoms with E-state index in [0.717, 1.165) is 15.4 Å². The summed E-state index contributed by atoms with van der Waals surface area (Å²) in [6.45, 7) is 0.895. The molecule has 21 heavy (non-hydrogen) atoms. The summed E-state index contributed by atoms with van der Waals surface area (Å²) < 4.78 is 2.07. The summed E-state index contributed by atoms with van der Waals surface area (Å²) in [5.74, 6) is 5.81. The average Bonchev–Trinajstić information content (AvgIpc) is 3.04. The second-order valence-corrected chi connectivity index (χ2v) is 6.15. The molecule has 4 nitrogen and oxygen atoms in total. The van der Waals surface area contributed by atoms with Crippen LogP contribution in [0.1, 0.15) is 39.1 Å². The molecule has 0 atom stereocenters. The Labute approximate surface area is 128 Å². The monoisotopic (exact) mass is 299 g/mol. The molecule has 0 unspecified atom stereocenters. The van der Waals surface area contributed by atoms with Gasteiger partial charge >= 0.3 is 0 Å². The molecule has 2 aromatic rings. The molecule has 0 aromatic carbocycles. The number of nitrogens with two attached hydrogens (primary N) is 1. The van der Waals surface area contributed by atoms with Crippen molar-refractivity contribution in [1.29, 1.82) is 0 Å². The fourth-order valence-corrected chi connectivity index (χ4v) is 3.02. The van der Waals surface area contributed by atoms with Gasteiger partial charge in [-0.2, -0.15) is 0 Å². The molecule has 3 N–H and O–H groups in total. The van der Waals surface area contributed by atoms with Crippen molar-refractivity contribution in [1.82, 2.24) is 9.88 Å². The van der Waals surface area contributed by atoms with E-state index in [1.54, 1.807) is 11.3 Å². The molecule has 1 amide bonds. The van der Waals surface area contributed by atoms with Gasteiger partial charge in [0, 0.05) is 17.1 Å². The number of aromatic nitrogens is 1. The first-order valence-corrected chi connectivity index (χ1v) is 7.82. The number of rotatable bonds is 4. The van der Waals surface area contributed by atoms with E-state index >= 15 is 0 Å². The second-order valence-electron chi connectivity index (χ2n) is 4.99. The maximum Gasteiger partial charge on any atom is 0.268 e. The Balaban J connectivity index is 1.60. The fraction of sp³-hybridized carbons (Fsp3) is 0.312. The highest BCUT2D eigenvalue weighted by molar-refractivity contribution is 7.12. The zero-order valence-corrected chi connectivity index (χ0v) is 12.5. The van der Waals surface area contributed by atoms with Crippen molar-refractivity contribution in [2.75, 3.05) is 6.54 Å². The average molecular weight is 299 g/mol. The van der Waals surface area contributed by atoms with E-state index in [2.05, 4.69) is 21.7 Å². The van der Waals surface area contributed by atoms with Gasteiger partial charge in [-0.25, -0.2) is 0 Å². The third kappa shape index (κ3) is 3.35. The maximum atomic E-state index is 12.2. The Hall–Kier alpha value is -2.03. The minimum atomic E-state index is -0.0186. The van der Waals surface area contributed by atoms with Crippen LogP contribution in [0.25, 0.3) is 0 Å². The Bertz CT molecular complexity index is 700. The second kappa shape index (κ2) is 6.17. The third-order valence-corrected chi connectivity index (χ3v) is 4.35. The van der Waals surface area contributed by atoms with Gasteiger partial charge < -0.3 is 15.6 Å². The van der Waals surface area contributed by atoms with Crippen LogP contribution >= 0.6 is 11.3 Å². The zero-order chi connectivity index (χ0) is 14.7. The first kappa shape index (κ1) is 13.9. The van der Waals surface area contributed by atoms with Gasteiger partial charge in [-0.1, -0.05) is 11.8 Å². The molecule has 3 rings (SSSR count). The molecule has 0 saturated heterocycles. The van der Waals surface area contributed by atoms with Gasteiger partial charge in [0.1, 0.15) is 5.69 Å². The van der Waals surface area contributed by atoms with Crippen molar-refractivity contribution in [3.05, 3.63) is 45.9 Å². The summed E-state index contributed by atoms with van der Waals surface area (Å²) in [6.07, 6.45) is 4.32. The molecule has 2 aromatic heterocycles. The minimum absolute atomic E-state index is 0.0186. The van der Waals surface area contributed by atoms with Crippen LogP contribution in [0.4, 0.5) is 0 Å². The van der Waals surface area contributed by atoms with Crippen LogP contribution < -0.4 is 11.1 Å². The Kier molecular flexibility index (Phi) is 4.09. The predicted octanol–water partition coefficient (Wildman–Crippen LogP) is 2.12. The lowest BCUT2D eigenvalue weighted by atomic mass is 10.3. The third-order valence-electron chi connectivity index (χ3n) is 3.35. The molecule has 1 aliphatic carbocycles. The predicted molar refractivity (Wildman–Crippen MR) is 84.1 cm³/mol. The van der Waals surface area contributed by atoms with Crippen molar-refractivity contribution < 1.29 is 4.79 Å². The van der Waals surface area contributed by atoms with Crippen molar-refractivity contribution in [3.8, 4) is 11.8 Å². The van der Waals surface area contributed by atoms with Crippen LogP contribution in [0.3, 0.4) is 0 Å². The van der Waals surface area contributed by atoms with E-state index in [9.17, 15) is 4.79 Å². The van der Waals surface area contributed by atoms with Crippen LogP contribution in [0.2, 0.25) is 0 Å². The molecule has 0 aliphatic heterocycles. The molecule has 1 fully saturated rings. The van der Waals surface area contributed by atoms with Gasteiger partial charge in [-0.15, -0.1) is 11.3 Å². The standard InChI is InChI=1S/C16H17N3OS/c17-9-1-3-13-7-8-14(21-13)11-18-16(20)15-4-2-10-19(15)12-5-6-12/h2,4,7-8,10,12H,5-6,9,11,17H2,(H,18,20). The van der Waals surface area contributed by atoms with Gasteiger partial charge in [-0.3, -0.25) is 4.79 Å². The number of carbonyl (C=O) groups is 1. The summed E-state index contributed by atoms with van der Waals surface area (Å²) >= 11 is 1.58. The van der Waals surface area contributed by atoms with E-state index < -0.39 is 0 Å². The zero-order valence-electron chi connectivity index (χ0n) is 11.6. The summed E-state index contributed by atoms with van der Waals surface area (Å²) in [7, 11) is 0. The van der Waals surface area contributed by atoms with Crippen LogP contribution in [-0.4, -0.2) is 17.0 Å². The van der Waals surface area contributed by atoms with Crippen LogP contribution in [0.15, 0.2) is 30.5 Å². The summed E-state index contributed by atoms with van der Waals surface area (Å²) in [4.78, 5) is 14.3. The van der Waals surface area contributed by atoms with Crippen molar-refractivity contribution in [3.63, 3.8) is 0 Å². The normalized spacial score (nSPS) is 13.6. The minimum Gasteiger partial charge on any atom is -0.346 e. The van der Waals surface area contributed by atoms with Crippen LogP contribution in [0, 0.1) is 11.8 Å². The molecule has 0 bridgehead atoms. The summed E-state index contributed by atoms with van der Waals surface area (Å²) in [5.41, 5.74) is 6.10. The van der Waals surface area contributed by atoms with Crippen LogP contribution in [0.5, 0.6) is 0 Å². The van der Waals surface area contributed by atoms with Crippen LogP contribution in [-0.2, 0) is 6.54 Å². The first-order valence-electron chi connectivity index (χ1n) is 7.00. The number of thiophene rings is 1. The summed E-state index contributed by atoms with van der Waals surface area (Å²) in [6, 6.07) is 8.27. The van der Waals surface area contributed by atoms with E-state index in [0.29, 0.717) is 19.1 Å². The highest BCUT2D eigenvalue weighted by atomic mass is 32.1. The van der Waals surface area contributed by atoms with Gasteiger partial charge in [0.25, 0.3) is 5.91 Å². The lowest BCUT2D eigenvalue weighted by molar-refractivity contribution is 0.0942. The van der Waals surface area contributed by atoms with E-state index in [-0.39, 0.29) is 5.91 Å². The highest BCUT2D eigenvalue weighted by Gasteiger charge is 2.26. The molecule has 0 radical (unpaired) electrons. The lowest BCUT2D eigenvalue weighted by Gasteiger charge is -2.07. The van der Waals surface area contributed by atoms with Crippen molar-refractivity contribution in [2.24, 2.45) is 5.73 Å². The van der Waals surface area contributed by atoms with Gasteiger partial charge in [0.05, 0.1) is 18.0 Å². The van der Waals surface area contributed by atoms with E-state index in [4.69, 9.17) is 5.73 Å². The SMILES string of the molecule is NCC#Cc1ccc(CNC(=O)c2cccn2C2CC2)s1. The number of nitrogens with one attached hydrogen (secondary N) is 1.